The number of aromatic nitrogens is 3. The van der Waals surface area contributed by atoms with Gasteiger partial charge in [-0.05, 0) is 81.3 Å². The van der Waals surface area contributed by atoms with E-state index in [9.17, 15) is 9.59 Å². The van der Waals surface area contributed by atoms with Crippen molar-refractivity contribution in [3.05, 3.63) is 92.1 Å². The Morgan fingerprint density at radius 1 is 1.11 bits per heavy atom. The van der Waals surface area contributed by atoms with Gasteiger partial charge >= 0.3 is 0 Å². The zero-order chi connectivity index (χ0) is 27.4. The molecule has 0 aliphatic carbocycles. The molecule has 7 nitrogen and oxygen atoms in total. The van der Waals surface area contributed by atoms with Gasteiger partial charge < -0.3 is 9.80 Å². The molecule has 0 saturated heterocycles. The Labute approximate surface area is 236 Å². The van der Waals surface area contributed by atoms with Gasteiger partial charge in [-0.1, -0.05) is 59.6 Å². The largest absolute Gasteiger partial charge is 0.328 e. The third-order valence-corrected chi connectivity index (χ3v) is 7.75. The number of carbonyl (C=O) groups is 1. The molecule has 9 heteroatoms. The van der Waals surface area contributed by atoms with Gasteiger partial charge in [0, 0.05) is 16.6 Å². The molecule has 4 rings (SSSR count). The van der Waals surface area contributed by atoms with Crippen molar-refractivity contribution in [1.29, 1.82) is 0 Å². The fourth-order valence-corrected chi connectivity index (χ4v) is 5.62. The number of nitrogens with zero attached hydrogens (tertiary/aromatic N) is 5. The molecule has 200 valence electrons. The first-order chi connectivity index (χ1) is 18.2. The van der Waals surface area contributed by atoms with Crippen LogP contribution in [0, 0.1) is 12.8 Å². The molecule has 0 saturated carbocycles. The van der Waals surface area contributed by atoms with E-state index in [1.165, 1.54) is 11.5 Å². The molecule has 0 bridgehead atoms. The minimum Gasteiger partial charge on any atom is -0.328 e. The van der Waals surface area contributed by atoms with Crippen molar-refractivity contribution in [2.24, 2.45) is 5.92 Å². The van der Waals surface area contributed by atoms with Crippen LogP contribution in [0.4, 0.5) is 0 Å². The minimum atomic E-state index is -0.405. The summed E-state index contributed by atoms with van der Waals surface area (Å²) in [7, 11) is 4.05. The molecule has 4 aromatic rings. The first-order valence-corrected chi connectivity index (χ1v) is 14.3. The maximum absolute atomic E-state index is 14.0. The van der Waals surface area contributed by atoms with Crippen LogP contribution in [0.5, 0.6) is 0 Å². The van der Waals surface area contributed by atoms with Gasteiger partial charge in [0.25, 0.3) is 11.5 Å². The van der Waals surface area contributed by atoms with E-state index in [2.05, 4.69) is 45.1 Å². The van der Waals surface area contributed by atoms with Crippen molar-refractivity contribution in [2.45, 2.75) is 39.8 Å². The second-order valence-corrected chi connectivity index (χ2v) is 11.9. The van der Waals surface area contributed by atoms with Crippen LogP contribution < -0.4 is 5.56 Å². The van der Waals surface area contributed by atoms with Gasteiger partial charge in [0.15, 0.2) is 4.83 Å². The number of amides is 1. The standard InChI is InChI=1S/C29H34BrN5O2S/c1-19(2)25(34(15-7-14-33(4)5)28(36)22-10-12-23(30)13-11-22)26-32-27-24(17-31-38-27)29(37)35(26)18-21-9-6-8-20(3)16-21/h6,8-13,16-17,19,25H,7,14-15,18H2,1-5H3. The number of halogens is 1. The van der Waals surface area contributed by atoms with E-state index in [-0.39, 0.29) is 17.4 Å². The Kier molecular flexibility index (Phi) is 9.12. The van der Waals surface area contributed by atoms with Crippen LogP contribution >= 0.6 is 27.5 Å². The average molecular weight is 597 g/mol. The summed E-state index contributed by atoms with van der Waals surface area (Å²) < 4.78 is 6.90. The molecule has 0 spiro atoms. The van der Waals surface area contributed by atoms with E-state index in [0.717, 1.165) is 28.6 Å². The van der Waals surface area contributed by atoms with Crippen molar-refractivity contribution in [1.82, 2.24) is 23.7 Å². The predicted octanol–water partition coefficient (Wildman–Crippen LogP) is 5.76. The summed E-state index contributed by atoms with van der Waals surface area (Å²) in [5.41, 5.74) is 2.61. The molecule has 2 aromatic heterocycles. The number of fused-ring (bicyclic) bond motifs is 1. The average Bonchev–Trinajstić information content (AvgIpc) is 3.34. The third-order valence-electron chi connectivity index (χ3n) is 6.53. The molecule has 1 unspecified atom stereocenters. The highest BCUT2D eigenvalue weighted by Gasteiger charge is 2.33. The Balaban J connectivity index is 1.87. The third kappa shape index (κ3) is 6.39. The van der Waals surface area contributed by atoms with Crippen LogP contribution in [-0.2, 0) is 6.54 Å². The summed E-state index contributed by atoms with van der Waals surface area (Å²) in [6.45, 7) is 7.95. The van der Waals surface area contributed by atoms with E-state index in [0.29, 0.717) is 34.7 Å². The van der Waals surface area contributed by atoms with Crippen molar-refractivity contribution in [2.75, 3.05) is 27.2 Å². The Bertz CT molecular complexity index is 1460. The molecule has 0 aliphatic heterocycles. The molecule has 1 atom stereocenters. The van der Waals surface area contributed by atoms with Gasteiger partial charge in [0.2, 0.25) is 0 Å². The molecule has 0 fully saturated rings. The maximum Gasteiger partial charge on any atom is 0.264 e. The van der Waals surface area contributed by atoms with E-state index in [4.69, 9.17) is 4.98 Å². The topological polar surface area (TPSA) is 71.3 Å². The molecule has 0 N–H and O–H groups in total. The highest BCUT2D eigenvalue weighted by Crippen LogP contribution is 2.31. The summed E-state index contributed by atoms with van der Waals surface area (Å²) in [5, 5.41) is 0.507. The summed E-state index contributed by atoms with van der Waals surface area (Å²) in [5.74, 6) is 0.532. The van der Waals surface area contributed by atoms with E-state index >= 15 is 0 Å². The molecule has 0 radical (unpaired) electrons. The number of hydrogen-bond donors (Lipinski definition) is 0. The van der Waals surface area contributed by atoms with Gasteiger partial charge in [-0.25, -0.2) is 4.98 Å². The van der Waals surface area contributed by atoms with Gasteiger partial charge in [0.05, 0.1) is 24.2 Å². The van der Waals surface area contributed by atoms with Crippen LogP contribution in [0.1, 0.15) is 53.6 Å². The monoisotopic (exact) mass is 595 g/mol. The summed E-state index contributed by atoms with van der Waals surface area (Å²) >= 11 is 4.68. The van der Waals surface area contributed by atoms with Gasteiger partial charge in [-0.3, -0.25) is 14.2 Å². The molecule has 0 aliphatic rings. The SMILES string of the molecule is Cc1cccc(Cn2c(C(C(C)C)N(CCCN(C)C)C(=O)c3ccc(Br)cc3)nc3sncc3c2=O)c1. The fraction of sp³-hybridized carbons (Fsp3) is 0.379. The Hall–Kier alpha value is -2.88. The Morgan fingerprint density at radius 3 is 2.50 bits per heavy atom. The molecule has 1 amide bonds. The van der Waals surface area contributed by atoms with Crippen molar-refractivity contribution >= 4 is 43.6 Å². The zero-order valence-electron chi connectivity index (χ0n) is 22.5. The van der Waals surface area contributed by atoms with Crippen LogP contribution in [0.2, 0.25) is 0 Å². The molecule has 38 heavy (non-hydrogen) atoms. The summed E-state index contributed by atoms with van der Waals surface area (Å²) in [6.07, 6.45) is 2.39. The quantitative estimate of drug-likeness (QED) is 0.233. The zero-order valence-corrected chi connectivity index (χ0v) is 24.9. The number of carbonyl (C=O) groups excluding carboxylic acids is 1. The number of benzene rings is 2. The summed E-state index contributed by atoms with van der Waals surface area (Å²) in [4.78, 5) is 37.5. The highest BCUT2D eigenvalue weighted by atomic mass is 79.9. The molecule has 2 aromatic carbocycles. The normalized spacial score (nSPS) is 12.4. The smallest absolute Gasteiger partial charge is 0.264 e. The maximum atomic E-state index is 14.0. The van der Waals surface area contributed by atoms with Crippen molar-refractivity contribution < 1.29 is 4.79 Å². The van der Waals surface area contributed by atoms with Gasteiger partial charge in [-0.2, -0.15) is 4.37 Å². The molecular formula is C29H34BrN5O2S. The predicted molar refractivity (Wildman–Crippen MR) is 158 cm³/mol. The van der Waals surface area contributed by atoms with E-state index in [1.54, 1.807) is 10.8 Å². The molecule has 2 heterocycles. The van der Waals surface area contributed by atoms with Crippen LogP contribution in [0.3, 0.4) is 0 Å². The van der Waals surface area contributed by atoms with Crippen LogP contribution in [-0.4, -0.2) is 56.8 Å². The number of aryl methyl sites for hydroxylation is 1. The van der Waals surface area contributed by atoms with E-state index < -0.39 is 6.04 Å². The lowest BCUT2D eigenvalue weighted by molar-refractivity contribution is 0.0595. The van der Waals surface area contributed by atoms with E-state index in [1.807, 2.05) is 68.4 Å². The fourth-order valence-electron chi connectivity index (χ4n) is 4.73. The lowest BCUT2D eigenvalue weighted by Gasteiger charge is -2.35. The lowest BCUT2D eigenvalue weighted by atomic mass is 9.99. The van der Waals surface area contributed by atoms with Crippen molar-refractivity contribution in [3.8, 4) is 0 Å². The number of rotatable bonds is 10. The Morgan fingerprint density at radius 2 is 1.84 bits per heavy atom. The molecular weight excluding hydrogens is 562 g/mol. The van der Waals surface area contributed by atoms with Crippen molar-refractivity contribution in [3.63, 3.8) is 0 Å². The highest BCUT2D eigenvalue weighted by molar-refractivity contribution is 9.10. The minimum absolute atomic E-state index is 0.00906. The summed E-state index contributed by atoms with van der Waals surface area (Å²) in [6, 6.07) is 15.2. The second kappa shape index (κ2) is 12.3. The number of hydrogen-bond acceptors (Lipinski definition) is 6. The first-order valence-electron chi connectivity index (χ1n) is 12.8. The van der Waals surface area contributed by atoms with Crippen LogP contribution in [0.15, 0.2) is 64.0 Å². The second-order valence-electron chi connectivity index (χ2n) is 10.2. The van der Waals surface area contributed by atoms with Gasteiger partial charge in [-0.15, -0.1) is 0 Å². The van der Waals surface area contributed by atoms with Gasteiger partial charge in [0.1, 0.15) is 5.82 Å². The van der Waals surface area contributed by atoms with Crippen LogP contribution in [0.25, 0.3) is 10.2 Å². The first kappa shape index (κ1) is 28.1. The lowest BCUT2D eigenvalue weighted by Crippen LogP contribution is -2.42.